The number of urea groups is 1. The quantitative estimate of drug-likeness (QED) is 0.404. The zero-order chi connectivity index (χ0) is 20.4. The Kier molecular flexibility index (Phi) is 4.67. The van der Waals surface area contributed by atoms with E-state index in [1.165, 1.54) is 12.1 Å². The maximum absolute atomic E-state index is 12.8. The highest BCUT2D eigenvalue weighted by Crippen LogP contribution is 2.31. The number of alkyl halides is 3. The van der Waals surface area contributed by atoms with Crippen LogP contribution in [0.2, 0.25) is 0 Å². The first-order valence-electron chi connectivity index (χ1n) is 8.67. The molecule has 2 amide bonds. The minimum Gasteiger partial charge on any atom is -0.308 e. The summed E-state index contributed by atoms with van der Waals surface area (Å²) in [5, 5.41) is 13.0. The molecular weight excluding hydrogens is 381 g/mol. The molecule has 0 aliphatic carbocycles. The topological polar surface area (TPSA) is 69.8 Å². The van der Waals surface area contributed by atoms with E-state index in [-0.39, 0.29) is 5.69 Å². The third kappa shape index (κ3) is 4.21. The van der Waals surface area contributed by atoms with Gasteiger partial charge in [0, 0.05) is 16.8 Å². The summed E-state index contributed by atoms with van der Waals surface area (Å²) in [5.74, 6) is 0. The van der Waals surface area contributed by atoms with Crippen molar-refractivity contribution in [3.8, 4) is 11.1 Å². The Hall–Kier alpha value is -3.81. The number of benzene rings is 3. The van der Waals surface area contributed by atoms with E-state index in [9.17, 15) is 18.0 Å². The molecule has 0 bridgehead atoms. The van der Waals surface area contributed by atoms with E-state index < -0.39 is 17.8 Å². The molecule has 0 saturated carbocycles. The number of rotatable bonds is 3. The first kappa shape index (κ1) is 18.5. The predicted octanol–water partition coefficient (Wildman–Crippen LogP) is 5.89. The number of anilines is 2. The van der Waals surface area contributed by atoms with Gasteiger partial charge >= 0.3 is 12.2 Å². The fraction of sp³-hybridized carbons (Fsp3) is 0.0476. The molecule has 146 valence electrons. The third-order valence-corrected chi connectivity index (χ3v) is 4.34. The Morgan fingerprint density at radius 2 is 1.55 bits per heavy atom. The number of hydrogen-bond donors (Lipinski definition) is 3. The zero-order valence-electron chi connectivity index (χ0n) is 14.9. The third-order valence-electron chi connectivity index (χ3n) is 4.34. The van der Waals surface area contributed by atoms with Gasteiger partial charge in [-0.25, -0.2) is 4.79 Å². The van der Waals surface area contributed by atoms with Gasteiger partial charge in [0.05, 0.1) is 17.3 Å². The lowest BCUT2D eigenvalue weighted by molar-refractivity contribution is -0.137. The lowest BCUT2D eigenvalue weighted by atomic mass is 10.0. The van der Waals surface area contributed by atoms with Crippen molar-refractivity contribution in [3.05, 3.63) is 78.5 Å². The largest absolute Gasteiger partial charge is 0.416 e. The van der Waals surface area contributed by atoms with Crippen LogP contribution < -0.4 is 10.6 Å². The SMILES string of the molecule is O=C(Nc1cccc(-c2ccc3cn[nH]c3c2)c1)Nc1cccc(C(F)(F)F)c1. The number of carbonyl (C=O) groups excluding carboxylic acids is 1. The summed E-state index contributed by atoms with van der Waals surface area (Å²) in [4.78, 5) is 12.2. The highest BCUT2D eigenvalue weighted by Gasteiger charge is 2.30. The molecule has 4 aromatic rings. The van der Waals surface area contributed by atoms with E-state index in [0.29, 0.717) is 5.69 Å². The number of fused-ring (bicyclic) bond motifs is 1. The van der Waals surface area contributed by atoms with Gasteiger partial charge in [-0.15, -0.1) is 0 Å². The summed E-state index contributed by atoms with van der Waals surface area (Å²) in [6, 6.07) is 16.8. The highest BCUT2D eigenvalue weighted by atomic mass is 19.4. The van der Waals surface area contributed by atoms with Gasteiger partial charge in [-0.3, -0.25) is 5.10 Å². The molecule has 0 atom stereocenters. The van der Waals surface area contributed by atoms with Crippen LogP contribution in [0.4, 0.5) is 29.3 Å². The monoisotopic (exact) mass is 396 g/mol. The van der Waals surface area contributed by atoms with Crippen molar-refractivity contribution in [3.63, 3.8) is 0 Å². The molecule has 29 heavy (non-hydrogen) atoms. The molecule has 0 spiro atoms. The maximum Gasteiger partial charge on any atom is 0.416 e. The molecule has 0 aliphatic rings. The first-order valence-corrected chi connectivity index (χ1v) is 8.67. The van der Waals surface area contributed by atoms with Crippen LogP contribution in [0.15, 0.2) is 72.9 Å². The number of H-pyrrole nitrogens is 1. The average molecular weight is 396 g/mol. The van der Waals surface area contributed by atoms with Crippen LogP contribution in [-0.2, 0) is 6.18 Å². The number of hydrogen-bond acceptors (Lipinski definition) is 2. The molecule has 1 heterocycles. The predicted molar refractivity (Wildman–Crippen MR) is 106 cm³/mol. The molecule has 0 radical (unpaired) electrons. The Morgan fingerprint density at radius 3 is 2.31 bits per heavy atom. The molecular formula is C21H15F3N4O. The van der Waals surface area contributed by atoms with Gasteiger partial charge in [-0.05, 0) is 47.5 Å². The smallest absolute Gasteiger partial charge is 0.308 e. The highest BCUT2D eigenvalue weighted by molar-refractivity contribution is 6.00. The molecule has 0 aliphatic heterocycles. The van der Waals surface area contributed by atoms with Gasteiger partial charge in [0.25, 0.3) is 0 Å². The van der Waals surface area contributed by atoms with Crippen LogP contribution in [0.3, 0.4) is 0 Å². The number of aromatic nitrogens is 2. The second kappa shape index (κ2) is 7.31. The van der Waals surface area contributed by atoms with Crippen LogP contribution in [-0.4, -0.2) is 16.2 Å². The maximum atomic E-state index is 12.8. The molecule has 5 nitrogen and oxygen atoms in total. The normalized spacial score (nSPS) is 11.4. The Morgan fingerprint density at radius 1 is 0.862 bits per heavy atom. The summed E-state index contributed by atoms with van der Waals surface area (Å²) in [5.41, 5.74) is 2.44. The van der Waals surface area contributed by atoms with Gasteiger partial charge in [-0.2, -0.15) is 18.3 Å². The minimum absolute atomic E-state index is 0.0539. The molecule has 0 fully saturated rings. The molecule has 4 rings (SSSR count). The van der Waals surface area contributed by atoms with Gasteiger partial charge < -0.3 is 10.6 Å². The van der Waals surface area contributed by atoms with Gasteiger partial charge in [0.1, 0.15) is 0 Å². The summed E-state index contributed by atoms with van der Waals surface area (Å²) < 4.78 is 38.4. The van der Waals surface area contributed by atoms with Crippen molar-refractivity contribution in [2.24, 2.45) is 0 Å². The standard InChI is InChI=1S/C21H15F3N4O/c22-21(23,24)16-4-2-6-18(11-16)27-20(29)26-17-5-1-3-13(9-17)14-7-8-15-12-25-28-19(15)10-14/h1-12H,(H,25,28)(H2,26,27,29). The van der Waals surface area contributed by atoms with Crippen LogP contribution in [0, 0.1) is 0 Å². The van der Waals surface area contributed by atoms with E-state index in [0.717, 1.165) is 34.2 Å². The molecule has 0 saturated heterocycles. The van der Waals surface area contributed by atoms with E-state index in [4.69, 9.17) is 0 Å². The molecule has 1 aromatic heterocycles. The zero-order valence-corrected chi connectivity index (χ0v) is 14.9. The van der Waals surface area contributed by atoms with E-state index in [1.54, 1.807) is 24.4 Å². The van der Waals surface area contributed by atoms with Gasteiger partial charge in [0.2, 0.25) is 0 Å². The molecule has 3 aromatic carbocycles. The Bertz CT molecular complexity index is 1180. The second-order valence-electron chi connectivity index (χ2n) is 6.41. The lowest BCUT2D eigenvalue weighted by Crippen LogP contribution is -2.19. The summed E-state index contributed by atoms with van der Waals surface area (Å²) in [6.45, 7) is 0. The molecule has 0 unspecified atom stereocenters. The van der Waals surface area contributed by atoms with E-state index >= 15 is 0 Å². The van der Waals surface area contributed by atoms with Crippen molar-refractivity contribution >= 4 is 28.3 Å². The van der Waals surface area contributed by atoms with Crippen molar-refractivity contribution in [1.82, 2.24) is 10.2 Å². The van der Waals surface area contributed by atoms with Crippen LogP contribution in [0.5, 0.6) is 0 Å². The number of carbonyl (C=O) groups is 1. The van der Waals surface area contributed by atoms with Gasteiger partial charge in [0.15, 0.2) is 0 Å². The fourth-order valence-corrected chi connectivity index (χ4v) is 2.96. The first-order chi connectivity index (χ1) is 13.9. The van der Waals surface area contributed by atoms with Gasteiger partial charge in [-0.1, -0.05) is 30.3 Å². The Labute approximate surface area is 163 Å². The fourth-order valence-electron chi connectivity index (χ4n) is 2.96. The van der Waals surface area contributed by atoms with E-state index in [1.807, 2.05) is 24.3 Å². The average Bonchev–Trinajstić information content (AvgIpc) is 3.15. The molecule has 3 N–H and O–H groups in total. The summed E-state index contributed by atoms with van der Waals surface area (Å²) in [7, 11) is 0. The van der Waals surface area contributed by atoms with Crippen molar-refractivity contribution < 1.29 is 18.0 Å². The summed E-state index contributed by atoms with van der Waals surface area (Å²) in [6.07, 6.45) is -2.74. The van der Waals surface area contributed by atoms with E-state index in [2.05, 4.69) is 20.8 Å². The number of nitrogens with zero attached hydrogens (tertiary/aromatic N) is 1. The number of aromatic amines is 1. The number of amides is 2. The summed E-state index contributed by atoms with van der Waals surface area (Å²) >= 11 is 0. The number of nitrogens with one attached hydrogen (secondary N) is 3. The number of halogens is 3. The van der Waals surface area contributed by atoms with Crippen LogP contribution in [0.1, 0.15) is 5.56 Å². The van der Waals surface area contributed by atoms with Crippen molar-refractivity contribution in [2.75, 3.05) is 10.6 Å². The minimum atomic E-state index is -4.47. The van der Waals surface area contributed by atoms with Crippen LogP contribution in [0.25, 0.3) is 22.0 Å². The van der Waals surface area contributed by atoms with Crippen molar-refractivity contribution in [2.45, 2.75) is 6.18 Å². The van der Waals surface area contributed by atoms with Crippen molar-refractivity contribution in [1.29, 1.82) is 0 Å². The second-order valence-corrected chi connectivity index (χ2v) is 6.41. The Balaban J connectivity index is 1.50. The molecule has 8 heteroatoms. The lowest BCUT2D eigenvalue weighted by Gasteiger charge is -2.11. The van der Waals surface area contributed by atoms with Crippen LogP contribution >= 0.6 is 0 Å².